The number of hydrogen-bond acceptors (Lipinski definition) is 4. The van der Waals surface area contributed by atoms with Crippen LogP contribution in [-0.2, 0) is 6.42 Å². The predicted molar refractivity (Wildman–Crippen MR) is 105 cm³/mol. The first-order valence-electron chi connectivity index (χ1n) is 8.74. The van der Waals surface area contributed by atoms with Gasteiger partial charge in [0.15, 0.2) is 0 Å². The van der Waals surface area contributed by atoms with E-state index >= 15 is 0 Å². The van der Waals surface area contributed by atoms with Crippen molar-refractivity contribution in [3.63, 3.8) is 0 Å². The Bertz CT molecular complexity index is 970. The van der Waals surface area contributed by atoms with Gasteiger partial charge in [-0.1, -0.05) is 25.1 Å². The number of halogens is 1. The minimum absolute atomic E-state index is 0.237. The molecule has 0 aliphatic heterocycles. The first-order valence-corrected chi connectivity index (χ1v) is 8.74. The van der Waals surface area contributed by atoms with Crippen molar-refractivity contribution in [1.82, 2.24) is 9.97 Å². The van der Waals surface area contributed by atoms with E-state index in [1.165, 1.54) is 29.8 Å². The number of nitrogens with one attached hydrogen (secondary N) is 2. The fourth-order valence-electron chi connectivity index (χ4n) is 2.81. The third-order valence-electron chi connectivity index (χ3n) is 4.17. The van der Waals surface area contributed by atoms with Crippen LogP contribution in [0.4, 0.5) is 21.6 Å². The number of hydrogen-bond donors (Lipinski definition) is 2. The molecule has 1 amide bonds. The average molecular weight is 364 g/mol. The van der Waals surface area contributed by atoms with E-state index in [9.17, 15) is 9.18 Å². The summed E-state index contributed by atoms with van der Waals surface area (Å²) in [7, 11) is 0. The average Bonchev–Trinajstić information content (AvgIpc) is 2.65. The number of para-hydroxylation sites is 1. The van der Waals surface area contributed by atoms with E-state index in [0.717, 1.165) is 17.7 Å². The lowest BCUT2D eigenvalue weighted by atomic mass is 10.1. The van der Waals surface area contributed by atoms with Gasteiger partial charge in [-0.05, 0) is 55.7 Å². The lowest BCUT2D eigenvalue weighted by molar-refractivity contribution is 0.102. The number of carbonyl (C=O) groups is 1. The Labute approximate surface area is 157 Å². The van der Waals surface area contributed by atoms with Crippen LogP contribution in [0.5, 0.6) is 0 Å². The highest BCUT2D eigenvalue weighted by Crippen LogP contribution is 2.25. The zero-order valence-corrected chi connectivity index (χ0v) is 15.5. The molecule has 3 rings (SSSR count). The molecule has 6 heteroatoms. The SMILES string of the molecule is CCc1cccc(C)c1Nc1cc(C(=O)Nc2ccc(F)cc2)nc(C)n1. The lowest BCUT2D eigenvalue weighted by Crippen LogP contribution is -2.15. The van der Waals surface area contributed by atoms with Crippen LogP contribution in [0.2, 0.25) is 0 Å². The number of aromatic nitrogens is 2. The molecule has 1 aromatic heterocycles. The first-order chi connectivity index (χ1) is 13.0. The molecule has 5 nitrogen and oxygen atoms in total. The Hall–Kier alpha value is -3.28. The second-order valence-electron chi connectivity index (χ2n) is 6.23. The third-order valence-corrected chi connectivity index (χ3v) is 4.17. The fraction of sp³-hybridized carbons (Fsp3) is 0.190. The molecule has 2 aromatic carbocycles. The number of aryl methyl sites for hydroxylation is 3. The van der Waals surface area contributed by atoms with Gasteiger partial charge in [-0.3, -0.25) is 4.79 Å². The normalized spacial score (nSPS) is 10.5. The van der Waals surface area contributed by atoms with Gasteiger partial charge in [-0.25, -0.2) is 14.4 Å². The van der Waals surface area contributed by atoms with Crippen molar-refractivity contribution in [2.75, 3.05) is 10.6 Å². The molecule has 0 saturated heterocycles. The van der Waals surface area contributed by atoms with Gasteiger partial charge in [-0.2, -0.15) is 0 Å². The standard InChI is InChI=1S/C21H21FN4O/c1-4-15-7-5-6-13(2)20(15)26-19-12-18(23-14(3)24-19)21(27)25-17-10-8-16(22)9-11-17/h5-12H,4H2,1-3H3,(H,25,27)(H,23,24,26). The molecule has 0 bridgehead atoms. The Morgan fingerprint density at radius 1 is 1.07 bits per heavy atom. The molecule has 0 radical (unpaired) electrons. The zero-order valence-electron chi connectivity index (χ0n) is 15.5. The van der Waals surface area contributed by atoms with Gasteiger partial charge in [0.1, 0.15) is 23.2 Å². The van der Waals surface area contributed by atoms with Crippen molar-refractivity contribution in [2.24, 2.45) is 0 Å². The molecule has 0 aliphatic carbocycles. The molecule has 2 N–H and O–H groups in total. The monoisotopic (exact) mass is 364 g/mol. The largest absolute Gasteiger partial charge is 0.340 e. The number of amides is 1. The van der Waals surface area contributed by atoms with Gasteiger partial charge in [0.05, 0.1) is 0 Å². The summed E-state index contributed by atoms with van der Waals surface area (Å²) in [6, 6.07) is 13.3. The number of carbonyl (C=O) groups excluding carboxylic acids is 1. The first kappa shape index (κ1) is 18.5. The highest BCUT2D eigenvalue weighted by atomic mass is 19.1. The predicted octanol–water partition coefficient (Wildman–Crippen LogP) is 4.79. The van der Waals surface area contributed by atoms with Crippen LogP contribution in [0.25, 0.3) is 0 Å². The molecule has 1 heterocycles. The minimum Gasteiger partial charge on any atom is -0.340 e. The number of benzene rings is 2. The van der Waals surface area contributed by atoms with Crippen LogP contribution in [-0.4, -0.2) is 15.9 Å². The molecule has 0 saturated carbocycles. The summed E-state index contributed by atoms with van der Waals surface area (Å²) < 4.78 is 13.0. The fourth-order valence-corrected chi connectivity index (χ4v) is 2.81. The summed E-state index contributed by atoms with van der Waals surface area (Å²) in [6.07, 6.45) is 0.881. The van der Waals surface area contributed by atoms with Gasteiger partial charge in [0.25, 0.3) is 5.91 Å². The number of nitrogens with zero attached hydrogens (tertiary/aromatic N) is 2. The summed E-state index contributed by atoms with van der Waals surface area (Å²) in [5, 5.41) is 6.03. The molecule has 0 atom stereocenters. The zero-order chi connectivity index (χ0) is 19.4. The molecule has 0 fully saturated rings. The van der Waals surface area contributed by atoms with Crippen molar-refractivity contribution in [1.29, 1.82) is 0 Å². The lowest BCUT2D eigenvalue weighted by Gasteiger charge is -2.14. The summed E-state index contributed by atoms with van der Waals surface area (Å²) in [4.78, 5) is 21.1. The van der Waals surface area contributed by atoms with E-state index in [2.05, 4.69) is 33.6 Å². The van der Waals surface area contributed by atoms with E-state index < -0.39 is 0 Å². The van der Waals surface area contributed by atoms with Crippen LogP contribution in [0, 0.1) is 19.7 Å². The van der Waals surface area contributed by atoms with Crippen LogP contribution in [0.1, 0.15) is 34.4 Å². The third kappa shape index (κ3) is 4.47. The maximum absolute atomic E-state index is 13.0. The van der Waals surface area contributed by atoms with Crippen LogP contribution in [0.15, 0.2) is 48.5 Å². The molecule has 0 aliphatic rings. The second-order valence-corrected chi connectivity index (χ2v) is 6.23. The van der Waals surface area contributed by atoms with Gasteiger partial charge in [0, 0.05) is 17.4 Å². The van der Waals surface area contributed by atoms with Crippen molar-refractivity contribution >= 4 is 23.1 Å². The summed E-state index contributed by atoms with van der Waals surface area (Å²) in [5.41, 5.74) is 4.00. The van der Waals surface area contributed by atoms with Crippen molar-refractivity contribution in [3.05, 3.63) is 77.0 Å². The van der Waals surface area contributed by atoms with Crippen LogP contribution < -0.4 is 10.6 Å². The Kier molecular flexibility index (Phi) is 5.45. The maximum atomic E-state index is 13.0. The van der Waals surface area contributed by atoms with Crippen LogP contribution in [0.3, 0.4) is 0 Å². The topological polar surface area (TPSA) is 66.9 Å². The maximum Gasteiger partial charge on any atom is 0.274 e. The van der Waals surface area contributed by atoms with Gasteiger partial charge in [-0.15, -0.1) is 0 Å². The Morgan fingerprint density at radius 3 is 2.52 bits per heavy atom. The van der Waals surface area contributed by atoms with E-state index in [-0.39, 0.29) is 17.4 Å². The van der Waals surface area contributed by atoms with E-state index in [0.29, 0.717) is 17.3 Å². The molecular weight excluding hydrogens is 343 g/mol. The molecule has 0 unspecified atom stereocenters. The summed E-state index contributed by atoms with van der Waals surface area (Å²) in [5.74, 6) is 0.296. The Balaban J connectivity index is 1.86. The second kappa shape index (κ2) is 7.95. The molecule has 3 aromatic rings. The highest BCUT2D eigenvalue weighted by molar-refractivity contribution is 6.03. The van der Waals surface area contributed by atoms with Gasteiger partial charge in [0.2, 0.25) is 0 Å². The van der Waals surface area contributed by atoms with E-state index in [4.69, 9.17) is 0 Å². The molecule has 0 spiro atoms. The van der Waals surface area contributed by atoms with Crippen molar-refractivity contribution in [3.8, 4) is 0 Å². The Morgan fingerprint density at radius 2 is 1.81 bits per heavy atom. The van der Waals surface area contributed by atoms with E-state index in [1.807, 2.05) is 19.1 Å². The summed E-state index contributed by atoms with van der Waals surface area (Å²) in [6.45, 7) is 5.85. The number of rotatable bonds is 5. The summed E-state index contributed by atoms with van der Waals surface area (Å²) >= 11 is 0. The number of anilines is 3. The van der Waals surface area contributed by atoms with E-state index in [1.54, 1.807) is 13.0 Å². The minimum atomic E-state index is -0.379. The highest BCUT2D eigenvalue weighted by Gasteiger charge is 2.13. The molecule has 138 valence electrons. The van der Waals surface area contributed by atoms with Gasteiger partial charge < -0.3 is 10.6 Å². The molecular formula is C21H21FN4O. The van der Waals surface area contributed by atoms with Crippen LogP contribution >= 0.6 is 0 Å². The molecule has 27 heavy (non-hydrogen) atoms. The van der Waals surface area contributed by atoms with Crippen molar-refractivity contribution < 1.29 is 9.18 Å². The quantitative estimate of drug-likeness (QED) is 0.683. The van der Waals surface area contributed by atoms with Crippen molar-refractivity contribution in [2.45, 2.75) is 27.2 Å². The van der Waals surface area contributed by atoms with Gasteiger partial charge >= 0.3 is 0 Å². The smallest absolute Gasteiger partial charge is 0.274 e.